The van der Waals surface area contributed by atoms with Crippen molar-refractivity contribution in [3.05, 3.63) is 53.9 Å². The highest BCUT2D eigenvalue weighted by atomic mass is 16.7. The van der Waals surface area contributed by atoms with Crippen LogP contribution in [0.2, 0.25) is 0 Å². The molecule has 1 aromatic carbocycles. The van der Waals surface area contributed by atoms with Crippen LogP contribution in [-0.4, -0.2) is 64.8 Å². The molecule has 1 saturated heterocycles. The van der Waals surface area contributed by atoms with Crippen molar-refractivity contribution in [3.8, 4) is 11.5 Å². The van der Waals surface area contributed by atoms with Crippen molar-refractivity contribution >= 4 is 12.2 Å². The highest BCUT2D eigenvalue weighted by molar-refractivity contribution is 5.68. The lowest BCUT2D eigenvalue weighted by molar-refractivity contribution is -0.673. The van der Waals surface area contributed by atoms with Crippen molar-refractivity contribution in [3.63, 3.8) is 0 Å². The number of pyridine rings is 1. The molecule has 8 nitrogen and oxygen atoms in total. The maximum atomic E-state index is 10.1. The van der Waals surface area contributed by atoms with Crippen LogP contribution in [0.15, 0.2) is 42.6 Å². The molecule has 156 valence electrons. The van der Waals surface area contributed by atoms with Crippen molar-refractivity contribution in [2.24, 2.45) is 7.05 Å². The first-order chi connectivity index (χ1) is 13.9. The minimum atomic E-state index is -1.51. The highest BCUT2D eigenvalue weighted by Crippen LogP contribution is 2.32. The third kappa shape index (κ3) is 4.75. The van der Waals surface area contributed by atoms with Gasteiger partial charge in [0.25, 0.3) is 0 Å². The van der Waals surface area contributed by atoms with Gasteiger partial charge in [-0.2, -0.15) is 0 Å². The number of aromatic nitrogens is 1. The van der Waals surface area contributed by atoms with Crippen molar-refractivity contribution in [1.29, 1.82) is 0 Å². The van der Waals surface area contributed by atoms with E-state index in [1.54, 1.807) is 18.2 Å². The minimum absolute atomic E-state index is 0.291. The second kappa shape index (κ2) is 9.34. The van der Waals surface area contributed by atoms with Gasteiger partial charge < -0.3 is 34.6 Å². The van der Waals surface area contributed by atoms with Crippen molar-refractivity contribution in [2.75, 3.05) is 13.7 Å². The van der Waals surface area contributed by atoms with Crippen LogP contribution < -0.4 is 14.0 Å². The number of hydrogen-bond acceptors (Lipinski definition) is 7. The van der Waals surface area contributed by atoms with Crippen LogP contribution >= 0.6 is 0 Å². The van der Waals surface area contributed by atoms with Gasteiger partial charge in [0.1, 0.15) is 31.5 Å². The predicted octanol–water partition coefficient (Wildman–Crippen LogP) is -0.131. The molecule has 0 aliphatic carbocycles. The molecule has 0 amide bonds. The largest absolute Gasteiger partial charge is 0.493 e. The smallest absolute Gasteiger partial charge is 0.229 e. The Morgan fingerprint density at radius 2 is 1.83 bits per heavy atom. The fourth-order valence-electron chi connectivity index (χ4n) is 3.07. The first-order valence-corrected chi connectivity index (χ1v) is 9.22. The van der Waals surface area contributed by atoms with E-state index < -0.39 is 37.3 Å². The van der Waals surface area contributed by atoms with Gasteiger partial charge in [-0.15, -0.1) is 0 Å². The second-order valence-corrected chi connectivity index (χ2v) is 6.80. The molecule has 29 heavy (non-hydrogen) atoms. The van der Waals surface area contributed by atoms with E-state index in [4.69, 9.17) is 14.2 Å². The lowest BCUT2D eigenvalue weighted by Crippen LogP contribution is -2.60. The molecule has 5 atom stereocenters. The monoisotopic (exact) mass is 404 g/mol. The van der Waals surface area contributed by atoms with E-state index in [-0.39, 0.29) is 0 Å². The fourth-order valence-corrected chi connectivity index (χ4v) is 3.07. The molecule has 2 aromatic rings. The number of rotatable bonds is 6. The van der Waals surface area contributed by atoms with Crippen molar-refractivity contribution in [1.82, 2.24) is 0 Å². The van der Waals surface area contributed by atoms with E-state index >= 15 is 0 Å². The number of ether oxygens (including phenoxy) is 3. The van der Waals surface area contributed by atoms with Gasteiger partial charge in [0.05, 0.1) is 13.7 Å². The predicted molar refractivity (Wildman–Crippen MR) is 104 cm³/mol. The summed E-state index contributed by atoms with van der Waals surface area (Å²) in [7, 11) is 3.44. The first kappa shape index (κ1) is 21.2. The van der Waals surface area contributed by atoms with Gasteiger partial charge >= 0.3 is 0 Å². The zero-order valence-electron chi connectivity index (χ0n) is 16.3. The summed E-state index contributed by atoms with van der Waals surface area (Å²) in [6.07, 6.45) is -0.910. The molecule has 3 rings (SSSR count). The minimum Gasteiger partial charge on any atom is -0.493 e. The molecule has 0 radical (unpaired) electrons. The third-order valence-electron chi connectivity index (χ3n) is 4.82. The lowest BCUT2D eigenvalue weighted by atomic mass is 9.99. The maximum absolute atomic E-state index is 10.1. The van der Waals surface area contributed by atoms with Gasteiger partial charge in [-0.25, -0.2) is 4.57 Å². The summed E-state index contributed by atoms with van der Waals surface area (Å²) in [4.78, 5) is 0. The van der Waals surface area contributed by atoms with E-state index in [2.05, 4.69) is 0 Å². The molecule has 2 heterocycles. The van der Waals surface area contributed by atoms with Crippen LogP contribution in [0, 0.1) is 0 Å². The summed E-state index contributed by atoms with van der Waals surface area (Å²) in [6.45, 7) is -0.525. The quantitative estimate of drug-likeness (QED) is 0.496. The van der Waals surface area contributed by atoms with Crippen LogP contribution in [0.25, 0.3) is 12.2 Å². The van der Waals surface area contributed by atoms with E-state index in [0.29, 0.717) is 11.5 Å². The molecule has 0 saturated carbocycles. The van der Waals surface area contributed by atoms with E-state index in [0.717, 1.165) is 11.3 Å². The van der Waals surface area contributed by atoms with Crippen LogP contribution in [0.5, 0.6) is 11.5 Å². The number of benzene rings is 1. The van der Waals surface area contributed by atoms with Crippen LogP contribution in [0.3, 0.4) is 0 Å². The molecule has 1 fully saturated rings. The standard InChI is InChI=1S/C21H26NO7/c1-22-10-4-3-5-14(22)8-6-13-7-9-15(16(11-13)27-2)28-21-20(26)19(25)18(24)17(12-23)29-21/h3-11,17-21,23-26H,12H2,1-2H3/q+1/t17-,18+,19+,20-,21-/m1/s1. The Morgan fingerprint density at radius 3 is 2.52 bits per heavy atom. The van der Waals surface area contributed by atoms with Crippen molar-refractivity contribution < 1.29 is 39.2 Å². The average Bonchev–Trinajstić information content (AvgIpc) is 2.74. The van der Waals surface area contributed by atoms with Crippen LogP contribution in [-0.2, 0) is 11.8 Å². The molecule has 1 aliphatic rings. The van der Waals surface area contributed by atoms with Gasteiger partial charge in [-0.05, 0) is 29.8 Å². The molecule has 0 unspecified atom stereocenters. The summed E-state index contributed by atoms with van der Waals surface area (Å²) >= 11 is 0. The fraction of sp³-hybridized carbons (Fsp3) is 0.381. The maximum Gasteiger partial charge on any atom is 0.229 e. The van der Waals surface area contributed by atoms with Gasteiger partial charge in [-0.3, -0.25) is 0 Å². The van der Waals surface area contributed by atoms with Crippen LogP contribution in [0.4, 0.5) is 0 Å². The van der Waals surface area contributed by atoms with E-state index in [1.807, 2.05) is 48.2 Å². The Balaban J connectivity index is 1.78. The Kier molecular flexibility index (Phi) is 6.83. The number of hydrogen-bond donors (Lipinski definition) is 4. The second-order valence-electron chi connectivity index (χ2n) is 6.80. The SMILES string of the molecule is COc1cc(C=Cc2cccc[n+]2C)ccc1O[C@@H]1O[C@H](CO)[C@H](O)[C@H](O)[C@H]1O. The zero-order valence-corrected chi connectivity index (χ0v) is 16.3. The number of aliphatic hydroxyl groups excluding tert-OH is 4. The molecular formula is C21H26NO7+. The zero-order chi connectivity index (χ0) is 21.0. The summed E-state index contributed by atoms with van der Waals surface area (Å²) in [5, 5.41) is 39.2. The highest BCUT2D eigenvalue weighted by Gasteiger charge is 2.44. The van der Waals surface area contributed by atoms with E-state index in [9.17, 15) is 20.4 Å². The Hall–Kier alpha value is -2.49. The summed E-state index contributed by atoms with van der Waals surface area (Å²) in [5.41, 5.74) is 1.89. The van der Waals surface area contributed by atoms with Gasteiger partial charge in [0.2, 0.25) is 12.0 Å². The molecule has 8 heteroatoms. The molecule has 4 N–H and O–H groups in total. The summed E-state index contributed by atoms with van der Waals surface area (Å²) in [6, 6.07) is 11.1. The number of aryl methyl sites for hydroxylation is 1. The van der Waals surface area contributed by atoms with Crippen molar-refractivity contribution in [2.45, 2.75) is 30.7 Å². The number of methoxy groups -OCH3 is 1. The van der Waals surface area contributed by atoms with Crippen LogP contribution in [0.1, 0.15) is 11.3 Å². The Morgan fingerprint density at radius 1 is 1.03 bits per heavy atom. The summed E-state index contributed by atoms with van der Waals surface area (Å²) < 4.78 is 18.4. The normalized spacial score (nSPS) is 27.2. The molecule has 1 aromatic heterocycles. The molecular weight excluding hydrogens is 378 g/mol. The van der Waals surface area contributed by atoms with Gasteiger partial charge in [-0.1, -0.05) is 6.07 Å². The number of aliphatic hydroxyl groups is 4. The molecule has 0 spiro atoms. The Labute approximate surface area is 168 Å². The molecule has 0 bridgehead atoms. The Bertz CT molecular complexity index is 855. The molecule has 1 aliphatic heterocycles. The lowest BCUT2D eigenvalue weighted by Gasteiger charge is -2.39. The first-order valence-electron chi connectivity index (χ1n) is 9.22. The average molecular weight is 404 g/mol. The summed E-state index contributed by atoms with van der Waals surface area (Å²) in [5.74, 6) is 0.695. The third-order valence-corrected chi connectivity index (χ3v) is 4.82. The van der Waals surface area contributed by atoms with Gasteiger partial charge in [0, 0.05) is 18.2 Å². The van der Waals surface area contributed by atoms with Gasteiger partial charge in [0.15, 0.2) is 17.7 Å². The topological polar surface area (TPSA) is 112 Å². The number of nitrogens with zero attached hydrogens (tertiary/aromatic N) is 1. The van der Waals surface area contributed by atoms with E-state index in [1.165, 1.54) is 7.11 Å².